The predicted octanol–water partition coefficient (Wildman–Crippen LogP) is 2.41. The molecule has 1 aliphatic rings. The van der Waals surface area contributed by atoms with Crippen molar-refractivity contribution in [3.63, 3.8) is 0 Å². The molecule has 1 heterocycles. The maximum atomic E-state index is 9.57. The van der Waals surface area contributed by atoms with Gasteiger partial charge in [0.1, 0.15) is 0 Å². The minimum atomic E-state index is -0.112. The molecule has 1 saturated heterocycles. The number of aliphatic hydroxyl groups is 1. The third-order valence-corrected chi connectivity index (χ3v) is 4.83. The van der Waals surface area contributed by atoms with Crippen LogP contribution in [-0.4, -0.2) is 61.0 Å². The van der Waals surface area contributed by atoms with E-state index in [-0.39, 0.29) is 17.7 Å². The molecule has 0 radical (unpaired) electrons. The summed E-state index contributed by atoms with van der Waals surface area (Å²) in [7, 11) is 1.83. The molecular weight excluding hydrogens is 264 g/mol. The van der Waals surface area contributed by atoms with Crippen molar-refractivity contribution in [3.05, 3.63) is 0 Å². The zero-order valence-electron chi connectivity index (χ0n) is 14.6. The van der Waals surface area contributed by atoms with Gasteiger partial charge in [0.2, 0.25) is 0 Å². The maximum absolute atomic E-state index is 9.57. The van der Waals surface area contributed by atoms with Gasteiger partial charge in [0.25, 0.3) is 0 Å². The summed E-state index contributed by atoms with van der Waals surface area (Å²) in [6.45, 7) is 11.1. The van der Waals surface area contributed by atoms with E-state index in [1.165, 1.54) is 25.8 Å². The summed E-state index contributed by atoms with van der Waals surface area (Å²) in [5, 5.41) is 13.0. The first-order chi connectivity index (χ1) is 9.97. The highest BCUT2D eigenvalue weighted by molar-refractivity contribution is 4.85. The first-order valence-corrected chi connectivity index (χ1v) is 8.60. The smallest absolute Gasteiger partial charge is 0.0777 e. The summed E-state index contributed by atoms with van der Waals surface area (Å²) in [6, 6.07) is 0. The minimum absolute atomic E-state index is 0.0422. The van der Waals surface area contributed by atoms with Gasteiger partial charge in [0.15, 0.2) is 0 Å². The lowest BCUT2D eigenvalue weighted by Gasteiger charge is -2.39. The van der Waals surface area contributed by atoms with Gasteiger partial charge in [-0.05, 0) is 65.6 Å². The Balaban J connectivity index is 2.23. The molecule has 0 saturated carbocycles. The van der Waals surface area contributed by atoms with Crippen molar-refractivity contribution in [2.24, 2.45) is 0 Å². The van der Waals surface area contributed by atoms with E-state index in [1.807, 2.05) is 7.11 Å². The molecule has 0 amide bonds. The van der Waals surface area contributed by atoms with Crippen LogP contribution in [0.3, 0.4) is 0 Å². The van der Waals surface area contributed by atoms with E-state index >= 15 is 0 Å². The average molecular weight is 300 g/mol. The number of unbranched alkanes of at least 4 members (excludes halogenated alkanes) is 1. The van der Waals surface area contributed by atoms with Gasteiger partial charge in [0.05, 0.1) is 12.2 Å². The quantitative estimate of drug-likeness (QED) is 0.608. The van der Waals surface area contributed by atoms with E-state index in [0.717, 1.165) is 38.9 Å². The lowest BCUT2D eigenvalue weighted by molar-refractivity contribution is -0.0509. The molecule has 2 N–H and O–H groups in total. The van der Waals surface area contributed by atoms with E-state index in [0.29, 0.717) is 0 Å². The second kappa shape index (κ2) is 9.09. The molecule has 4 heteroatoms. The topological polar surface area (TPSA) is 44.7 Å². The van der Waals surface area contributed by atoms with Crippen LogP contribution in [0.2, 0.25) is 0 Å². The molecule has 2 atom stereocenters. The average Bonchev–Trinajstić information content (AvgIpc) is 2.50. The van der Waals surface area contributed by atoms with E-state index in [1.54, 1.807) is 0 Å². The largest absolute Gasteiger partial charge is 0.394 e. The van der Waals surface area contributed by atoms with E-state index in [9.17, 15) is 5.11 Å². The number of ether oxygens (including phenoxy) is 1. The maximum Gasteiger partial charge on any atom is 0.0777 e. The number of methoxy groups -OCH3 is 1. The van der Waals surface area contributed by atoms with Crippen LogP contribution in [-0.2, 0) is 4.74 Å². The van der Waals surface area contributed by atoms with E-state index in [2.05, 4.69) is 31.0 Å². The van der Waals surface area contributed by atoms with Crippen molar-refractivity contribution in [3.8, 4) is 0 Å². The van der Waals surface area contributed by atoms with Crippen LogP contribution in [0.15, 0.2) is 0 Å². The van der Waals surface area contributed by atoms with Gasteiger partial charge in [-0.25, -0.2) is 0 Å². The summed E-state index contributed by atoms with van der Waals surface area (Å²) in [6.07, 6.45) is 6.91. The molecule has 0 aromatic carbocycles. The third kappa shape index (κ3) is 6.64. The molecule has 0 aromatic heterocycles. The van der Waals surface area contributed by atoms with Gasteiger partial charge in [-0.1, -0.05) is 13.3 Å². The Bertz CT molecular complexity index is 288. The molecule has 1 rings (SSSR count). The zero-order chi connectivity index (χ0) is 15.8. The molecule has 0 aromatic rings. The van der Waals surface area contributed by atoms with Crippen molar-refractivity contribution >= 4 is 0 Å². The Morgan fingerprint density at radius 2 is 2.14 bits per heavy atom. The lowest BCUT2D eigenvalue weighted by atomic mass is 9.93. The molecule has 21 heavy (non-hydrogen) atoms. The van der Waals surface area contributed by atoms with Gasteiger partial charge in [-0.2, -0.15) is 0 Å². The van der Waals surface area contributed by atoms with Gasteiger partial charge in [0, 0.05) is 19.2 Å². The number of piperidine rings is 1. The highest BCUT2D eigenvalue weighted by atomic mass is 16.5. The Morgan fingerprint density at radius 3 is 2.76 bits per heavy atom. The molecule has 1 aliphatic heterocycles. The van der Waals surface area contributed by atoms with Crippen molar-refractivity contribution < 1.29 is 9.84 Å². The normalized spacial score (nSPS) is 26.7. The monoisotopic (exact) mass is 300 g/mol. The second-order valence-electron chi connectivity index (χ2n) is 7.14. The van der Waals surface area contributed by atoms with Gasteiger partial charge >= 0.3 is 0 Å². The minimum Gasteiger partial charge on any atom is -0.394 e. The number of rotatable bonds is 10. The zero-order valence-corrected chi connectivity index (χ0v) is 14.6. The fourth-order valence-electron chi connectivity index (χ4n) is 3.17. The summed E-state index contributed by atoms with van der Waals surface area (Å²) >= 11 is 0. The van der Waals surface area contributed by atoms with Gasteiger partial charge < -0.3 is 20.1 Å². The fraction of sp³-hybridized carbons (Fsp3) is 1.00. The Hall–Kier alpha value is -0.160. The van der Waals surface area contributed by atoms with E-state index in [4.69, 9.17) is 4.74 Å². The number of nitrogens with one attached hydrogen (secondary N) is 1. The third-order valence-electron chi connectivity index (χ3n) is 4.83. The summed E-state index contributed by atoms with van der Waals surface area (Å²) < 4.78 is 5.65. The van der Waals surface area contributed by atoms with Crippen LogP contribution in [0.25, 0.3) is 0 Å². The van der Waals surface area contributed by atoms with Crippen LogP contribution in [0.4, 0.5) is 0 Å². The number of hydrogen-bond acceptors (Lipinski definition) is 4. The molecule has 0 aliphatic carbocycles. The van der Waals surface area contributed by atoms with Crippen LogP contribution >= 0.6 is 0 Å². The Kier molecular flexibility index (Phi) is 8.17. The van der Waals surface area contributed by atoms with Crippen molar-refractivity contribution in [2.45, 2.75) is 70.4 Å². The first-order valence-electron chi connectivity index (χ1n) is 8.60. The summed E-state index contributed by atoms with van der Waals surface area (Å²) in [4.78, 5) is 2.53. The summed E-state index contributed by atoms with van der Waals surface area (Å²) in [5.41, 5.74) is -0.0699. The number of likely N-dealkylation sites (tertiary alicyclic amines) is 1. The molecular formula is C17H36N2O2. The van der Waals surface area contributed by atoms with Crippen LogP contribution < -0.4 is 5.32 Å². The number of nitrogens with zero attached hydrogens (tertiary/aromatic N) is 1. The molecule has 0 bridgehead atoms. The first kappa shape index (κ1) is 18.9. The van der Waals surface area contributed by atoms with Crippen LogP contribution in [0, 0.1) is 0 Å². The van der Waals surface area contributed by atoms with Crippen molar-refractivity contribution in [1.29, 1.82) is 0 Å². The highest BCUT2D eigenvalue weighted by Crippen LogP contribution is 2.24. The molecule has 4 nitrogen and oxygen atoms in total. The Morgan fingerprint density at radius 1 is 1.38 bits per heavy atom. The van der Waals surface area contributed by atoms with E-state index < -0.39 is 0 Å². The molecule has 1 fully saturated rings. The SMILES string of the molecule is CCCNC(C)(CO)CCCCN1CCCC(C)(OC)C1. The van der Waals surface area contributed by atoms with Crippen LogP contribution in [0.5, 0.6) is 0 Å². The summed E-state index contributed by atoms with van der Waals surface area (Å²) in [5.74, 6) is 0. The number of hydrogen-bond donors (Lipinski definition) is 2. The van der Waals surface area contributed by atoms with Gasteiger partial charge in [-0.3, -0.25) is 0 Å². The lowest BCUT2D eigenvalue weighted by Crippen LogP contribution is -2.48. The Labute approximate surface area is 131 Å². The van der Waals surface area contributed by atoms with Crippen molar-refractivity contribution in [1.82, 2.24) is 10.2 Å². The number of aliphatic hydroxyl groups excluding tert-OH is 1. The fourth-order valence-corrected chi connectivity index (χ4v) is 3.17. The highest BCUT2D eigenvalue weighted by Gasteiger charge is 2.30. The molecule has 0 spiro atoms. The van der Waals surface area contributed by atoms with Gasteiger partial charge in [-0.15, -0.1) is 0 Å². The standard InChI is InChI=1S/C17H36N2O2/c1-5-11-18-16(2,15-20)9-6-7-12-19-13-8-10-17(3,14-19)21-4/h18,20H,5-15H2,1-4H3. The second-order valence-corrected chi connectivity index (χ2v) is 7.14. The van der Waals surface area contributed by atoms with Crippen LogP contribution in [0.1, 0.15) is 59.3 Å². The van der Waals surface area contributed by atoms with Crippen molar-refractivity contribution in [2.75, 3.05) is 39.9 Å². The predicted molar refractivity (Wildman–Crippen MR) is 88.7 cm³/mol. The molecule has 2 unspecified atom stereocenters. The molecule has 126 valence electrons.